The fourth-order valence-electron chi connectivity index (χ4n) is 9.47. The van der Waals surface area contributed by atoms with Gasteiger partial charge in [-0.1, -0.05) is 305 Å². The molecule has 0 aromatic rings. The number of carbonyl (C=O) groups is 3. The van der Waals surface area contributed by atoms with Crippen molar-refractivity contribution < 1.29 is 28.6 Å². The number of hydrogen-bond acceptors (Lipinski definition) is 6. The molecule has 6 nitrogen and oxygen atoms in total. The molecule has 0 heterocycles. The van der Waals surface area contributed by atoms with Crippen LogP contribution in [0.5, 0.6) is 0 Å². The fourth-order valence-corrected chi connectivity index (χ4v) is 9.47. The third-order valence-corrected chi connectivity index (χ3v) is 14.9. The minimum Gasteiger partial charge on any atom is -0.462 e. The van der Waals surface area contributed by atoms with Gasteiger partial charge in [-0.05, 0) is 37.0 Å². The van der Waals surface area contributed by atoms with E-state index in [0.29, 0.717) is 19.3 Å². The first kappa shape index (κ1) is 66.4. The van der Waals surface area contributed by atoms with Crippen LogP contribution in [0.25, 0.3) is 0 Å². The van der Waals surface area contributed by atoms with E-state index in [4.69, 9.17) is 14.2 Å². The molecule has 0 aromatic carbocycles. The molecule has 0 rings (SSSR count). The van der Waals surface area contributed by atoms with Crippen LogP contribution in [0.15, 0.2) is 0 Å². The van der Waals surface area contributed by atoms with Crippen LogP contribution in [-0.2, 0) is 28.6 Å². The molecule has 0 radical (unpaired) electrons. The minimum atomic E-state index is -0.764. The second-order valence-electron chi connectivity index (χ2n) is 22.3. The Morgan fingerprint density at radius 2 is 0.515 bits per heavy atom. The Balaban J connectivity index is 4.25. The summed E-state index contributed by atoms with van der Waals surface area (Å²) in [6.45, 7) is 13.8. The Morgan fingerprint density at radius 3 is 0.765 bits per heavy atom. The highest BCUT2D eigenvalue weighted by molar-refractivity contribution is 5.71. The van der Waals surface area contributed by atoms with Crippen molar-refractivity contribution in [3.05, 3.63) is 0 Å². The first-order chi connectivity index (χ1) is 33.2. The van der Waals surface area contributed by atoms with Gasteiger partial charge in [0, 0.05) is 19.3 Å². The van der Waals surface area contributed by atoms with Crippen molar-refractivity contribution in [1.29, 1.82) is 0 Å². The van der Waals surface area contributed by atoms with Crippen LogP contribution < -0.4 is 0 Å². The molecule has 404 valence electrons. The normalized spacial score (nSPS) is 12.9. The summed E-state index contributed by atoms with van der Waals surface area (Å²) in [7, 11) is 0. The van der Waals surface area contributed by atoms with E-state index in [2.05, 4.69) is 41.5 Å². The highest BCUT2D eigenvalue weighted by Gasteiger charge is 2.19. The van der Waals surface area contributed by atoms with Gasteiger partial charge in [0.15, 0.2) is 6.10 Å². The highest BCUT2D eigenvalue weighted by Crippen LogP contribution is 2.19. The predicted octanol–water partition coefficient (Wildman–Crippen LogP) is 20.3. The molecule has 68 heavy (non-hydrogen) atoms. The lowest BCUT2D eigenvalue weighted by Crippen LogP contribution is -2.30. The number of unbranched alkanes of at least 4 members (excludes halogenated alkanes) is 36. The van der Waals surface area contributed by atoms with Crippen LogP contribution >= 0.6 is 0 Å². The quantitative estimate of drug-likeness (QED) is 0.0343. The monoisotopic (exact) mass is 961 g/mol. The van der Waals surface area contributed by atoms with Gasteiger partial charge in [-0.15, -0.1) is 0 Å². The molecule has 3 atom stereocenters. The van der Waals surface area contributed by atoms with Crippen LogP contribution in [0, 0.1) is 17.8 Å². The molecule has 0 saturated carbocycles. The van der Waals surface area contributed by atoms with E-state index in [1.807, 2.05) is 0 Å². The first-order valence-electron chi connectivity index (χ1n) is 30.7. The number of esters is 3. The summed E-state index contributed by atoms with van der Waals surface area (Å²) >= 11 is 0. The maximum absolute atomic E-state index is 12.9. The molecule has 6 heteroatoms. The summed E-state index contributed by atoms with van der Waals surface area (Å²) in [5.74, 6) is 1.76. The fraction of sp³-hybridized carbons (Fsp3) is 0.952. The number of rotatable bonds is 55. The topological polar surface area (TPSA) is 78.9 Å². The first-order valence-corrected chi connectivity index (χ1v) is 30.7. The Labute approximate surface area is 425 Å². The zero-order chi connectivity index (χ0) is 49.8. The van der Waals surface area contributed by atoms with Crippen LogP contribution in [0.2, 0.25) is 0 Å². The molecule has 0 aliphatic rings. The number of hydrogen-bond donors (Lipinski definition) is 0. The second kappa shape index (κ2) is 53.2. The molecule has 0 bridgehead atoms. The van der Waals surface area contributed by atoms with Gasteiger partial charge in [-0.2, -0.15) is 0 Å². The van der Waals surface area contributed by atoms with Crippen LogP contribution in [0.4, 0.5) is 0 Å². The maximum atomic E-state index is 12.9. The summed E-state index contributed by atoms with van der Waals surface area (Å²) in [6, 6.07) is 0. The summed E-state index contributed by atoms with van der Waals surface area (Å²) in [5, 5.41) is 0. The van der Waals surface area contributed by atoms with Gasteiger partial charge in [0.25, 0.3) is 0 Å². The summed E-state index contributed by atoms with van der Waals surface area (Å²) in [6.07, 6.45) is 56.6. The molecule has 0 fully saturated rings. The van der Waals surface area contributed by atoms with Gasteiger partial charge in [-0.25, -0.2) is 0 Å². The van der Waals surface area contributed by atoms with Crippen molar-refractivity contribution in [1.82, 2.24) is 0 Å². The highest BCUT2D eigenvalue weighted by atomic mass is 16.6. The largest absolute Gasteiger partial charge is 0.462 e. The lowest BCUT2D eigenvalue weighted by atomic mass is 9.99. The van der Waals surface area contributed by atoms with E-state index < -0.39 is 6.10 Å². The average Bonchev–Trinajstić information content (AvgIpc) is 3.33. The van der Waals surface area contributed by atoms with Crippen molar-refractivity contribution in [3.63, 3.8) is 0 Å². The van der Waals surface area contributed by atoms with Crippen molar-refractivity contribution >= 4 is 17.9 Å². The van der Waals surface area contributed by atoms with E-state index >= 15 is 0 Å². The van der Waals surface area contributed by atoms with Crippen molar-refractivity contribution in [2.45, 2.75) is 349 Å². The Bertz CT molecular complexity index is 1060. The molecule has 0 aliphatic carbocycles. The molecule has 0 saturated heterocycles. The second-order valence-corrected chi connectivity index (χ2v) is 22.3. The van der Waals surface area contributed by atoms with Gasteiger partial charge in [0.1, 0.15) is 13.2 Å². The summed E-state index contributed by atoms with van der Waals surface area (Å²) < 4.78 is 16.9. The predicted molar refractivity (Wildman–Crippen MR) is 293 cm³/mol. The third-order valence-electron chi connectivity index (χ3n) is 14.9. The Morgan fingerprint density at radius 1 is 0.294 bits per heavy atom. The Kier molecular flexibility index (Phi) is 52.0. The summed E-state index contributed by atoms with van der Waals surface area (Å²) in [4.78, 5) is 38.2. The molecular formula is C62H120O6. The number of ether oxygens (including phenoxy) is 3. The van der Waals surface area contributed by atoms with Gasteiger partial charge in [0.05, 0.1) is 0 Å². The zero-order valence-corrected chi connectivity index (χ0v) is 46.9. The molecule has 0 N–H and O–H groups in total. The van der Waals surface area contributed by atoms with Gasteiger partial charge in [-0.3, -0.25) is 14.4 Å². The van der Waals surface area contributed by atoms with Gasteiger partial charge >= 0.3 is 17.9 Å². The molecule has 0 spiro atoms. The molecular weight excluding hydrogens is 841 g/mol. The van der Waals surface area contributed by atoms with Gasteiger partial charge in [0.2, 0.25) is 0 Å². The van der Waals surface area contributed by atoms with Crippen LogP contribution in [0.3, 0.4) is 0 Å². The SMILES string of the molecule is CCC(C)CCCCCCCCCCCCCCCCCCCCC(=O)OC[C@@H](COC(=O)CCCCCCCCCCCCCC(C)C)OC(=O)CCCCCCCCCCCCC(C)CC. The van der Waals surface area contributed by atoms with Crippen molar-refractivity contribution in [2.75, 3.05) is 13.2 Å². The molecule has 0 amide bonds. The van der Waals surface area contributed by atoms with Crippen molar-refractivity contribution in [2.24, 2.45) is 17.8 Å². The lowest BCUT2D eigenvalue weighted by molar-refractivity contribution is -0.167. The smallest absolute Gasteiger partial charge is 0.306 e. The van der Waals surface area contributed by atoms with E-state index in [9.17, 15) is 14.4 Å². The Hall–Kier alpha value is -1.59. The van der Waals surface area contributed by atoms with Crippen molar-refractivity contribution in [3.8, 4) is 0 Å². The van der Waals surface area contributed by atoms with E-state index in [1.165, 1.54) is 225 Å². The molecule has 0 aromatic heterocycles. The molecule has 0 aliphatic heterocycles. The van der Waals surface area contributed by atoms with Gasteiger partial charge < -0.3 is 14.2 Å². The van der Waals surface area contributed by atoms with E-state index in [1.54, 1.807) is 0 Å². The number of carbonyl (C=O) groups excluding carboxylic acids is 3. The average molecular weight is 962 g/mol. The lowest BCUT2D eigenvalue weighted by Gasteiger charge is -2.18. The summed E-state index contributed by atoms with van der Waals surface area (Å²) in [5.41, 5.74) is 0. The van der Waals surface area contributed by atoms with E-state index in [-0.39, 0.29) is 31.1 Å². The standard InChI is InChI=1S/C62H120O6/c1-7-57(5)49-43-37-31-25-19-15-13-11-9-10-12-14-16-20-27-33-39-45-51-60(63)66-54-59(68-62(65)53-47-41-35-29-23-22-26-32-38-44-50-58(6)8-2)55-67-61(64)52-46-40-34-28-21-17-18-24-30-36-42-48-56(3)4/h56-59H,7-55H2,1-6H3/t57?,58?,59-/m0/s1. The van der Waals surface area contributed by atoms with E-state index in [0.717, 1.165) is 75.5 Å². The van der Waals surface area contributed by atoms with Crippen LogP contribution in [-0.4, -0.2) is 37.2 Å². The zero-order valence-electron chi connectivity index (χ0n) is 46.9. The maximum Gasteiger partial charge on any atom is 0.306 e. The van der Waals surface area contributed by atoms with Crippen LogP contribution in [0.1, 0.15) is 343 Å². The minimum absolute atomic E-state index is 0.0633. The molecule has 2 unspecified atom stereocenters. The third kappa shape index (κ3) is 52.2.